The zero-order valence-corrected chi connectivity index (χ0v) is 17.0. The van der Waals surface area contributed by atoms with Gasteiger partial charge in [0.1, 0.15) is 12.4 Å². The highest BCUT2D eigenvalue weighted by Gasteiger charge is 2.11. The van der Waals surface area contributed by atoms with E-state index in [2.05, 4.69) is 20.8 Å². The maximum absolute atomic E-state index is 12.4. The van der Waals surface area contributed by atoms with Gasteiger partial charge < -0.3 is 20.5 Å². The molecule has 0 unspecified atom stereocenters. The van der Waals surface area contributed by atoms with Gasteiger partial charge in [0.15, 0.2) is 0 Å². The monoisotopic (exact) mass is 409 g/mol. The Hall–Kier alpha value is -3.52. The molecule has 0 aliphatic rings. The second-order valence-electron chi connectivity index (χ2n) is 6.72. The molecule has 3 aromatic rings. The van der Waals surface area contributed by atoms with Crippen molar-refractivity contribution in [3.63, 3.8) is 0 Å². The minimum Gasteiger partial charge on any atom is -0.497 e. The van der Waals surface area contributed by atoms with Gasteiger partial charge in [-0.1, -0.05) is 18.2 Å². The van der Waals surface area contributed by atoms with Gasteiger partial charge in [-0.2, -0.15) is 5.10 Å². The molecule has 8 nitrogen and oxygen atoms in total. The number of anilines is 2. The van der Waals surface area contributed by atoms with Gasteiger partial charge in [0, 0.05) is 18.3 Å². The van der Waals surface area contributed by atoms with Gasteiger partial charge in [-0.05, 0) is 54.8 Å². The van der Waals surface area contributed by atoms with Crippen LogP contribution in [-0.4, -0.2) is 36.5 Å². The molecule has 0 saturated heterocycles. The topological polar surface area (TPSA) is 114 Å². The van der Waals surface area contributed by atoms with E-state index in [9.17, 15) is 4.79 Å². The summed E-state index contributed by atoms with van der Waals surface area (Å²) in [5.41, 5.74) is 9.82. The van der Waals surface area contributed by atoms with Crippen molar-refractivity contribution in [3.05, 3.63) is 60.4 Å². The number of methoxy groups -OCH3 is 1. The first-order valence-corrected chi connectivity index (χ1v) is 9.83. The molecule has 3 rings (SSSR count). The molecular weight excluding hydrogens is 382 g/mol. The van der Waals surface area contributed by atoms with E-state index >= 15 is 0 Å². The van der Waals surface area contributed by atoms with E-state index in [4.69, 9.17) is 15.2 Å². The number of hydrogen-bond acceptors (Lipinski definition) is 6. The molecule has 8 heteroatoms. The molecule has 1 heterocycles. The number of H-pyrrole nitrogens is 1. The molecule has 0 radical (unpaired) electrons. The number of aromatic amines is 1. The molecular formula is C22H27N5O3. The normalized spacial score (nSPS) is 10.5. The van der Waals surface area contributed by atoms with Crippen molar-refractivity contribution in [2.45, 2.75) is 19.4 Å². The van der Waals surface area contributed by atoms with Crippen molar-refractivity contribution in [3.8, 4) is 16.9 Å². The van der Waals surface area contributed by atoms with Crippen LogP contribution in [0.15, 0.2) is 54.9 Å². The van der Waals surface area contributed by atoms with Gasteiger partial charge in [0.25, 0.3) is 0 Å². The van der Waals surface area contributed by atoms with Crippen LogP contribution >= 0.6 is 0 Å². The molecule has 0 atom stereocenters. The summed E-state index contributed by atoms with van der Waals surface area (Å²) in [5.74, 6) is 0.718. The number of rotatable bonds is 10. The predicted molar refractivity (Wildman–Crippen MR) is 118 cm³/mol. The van der Waals surface area contributed by atoms with Crippen molar-refractivity contribution in [1.29, 1.82) is 0 Å². The summed E-state index contributed by atoms with van der Waals surface area (Å²) in [7, 11) is 1.60. The third-order valence-electron chi connectivity index (χ3n) is 4.54. The number of nitrogens with zero attached hydrogens (tertiary/aromatic N) is 1. The van der Waals surface area contributed by atoms with Gasteiger partial charge in [-0.25, -0.2) is 4.79 Å². The largest absolute Gasteiger partial charge is 0.497 e. The summed E-state index contributed by atoms with van der Waals surface area (Å²) < 4.78 is 10.6. The van der Waals surface area contributed by atoms with Gasteiger partial charge in [-0.15, -0.1) is 0 Å². The lowest BCUT2D eigenvalue weighted by molar-refractivity contribution is 0.155. The molecule has 1 amide bonds. The number of amides is 1. The third-order valence-corrected chi connectivity index (χ3v) is 4.54. The Balaban J connectivity index is 1.67. The predicted octanol–water partition coefficient (Wildman–Crippen LogP) is 3.98. The summed E-state index contributed by atoms with van der Waals surface area (Å²) in [6.07, 6.45) is 4.91. The lowest BCUT2D eigenvalue weighted by atomic mass is 10.1. The third kappa shape index (κ3) is 5.99. The van der Waals surface area contributed by atoms with E-state index in [0.717, 1.165) is 47.5 Å². The first-order chi connectivity index (χ1) is 14.7. The molecule has 0 aliphatic heterocycles. The Morgan fingerprint density at radius 2 is 2.03 bits per heavy atom. The fourth-order valence-electron chi connectivity index (χ4n) is 2.94. The highest BCUT2D eigenvalue weighted by molar-refractivity contribution is 5.91. The maximum atomic E-state index is 12.4. The summed E-state index contributed by atoms with van der Waals surface area (Å²) in [5, 5.41) is 13.0. The molecule has 1 aromatic heterocycles. The van der Waals surface area contributed by atoms with Crippen LogP contribution < -0.4 is 21.1 Å². The van der Waals surface area contributed by atoms with Crippen molar-refractivity contribution >= 4 is 17.5 Å². The van der Waals surface area contributed by atoms with Crippen molar-refractivity contribution in [2.75, 3.05) is 30.8 Å². The molecule has 5 N–H and O–H groups in total. The van der Waals surface area contributed by atoms with Crippen LogP contribution in [0.5, 0.6) is 5.75 Å². The van der Waals surface area contributed by atoms with Crippen LogP contribution in [0.2, 0.25) is 0 Å². The molecule has 0 saturated carbocycles. The summed E-state index contributed by atoms with van der Waals surface area (Å²) in [6, 6.07) is 13.2. The van der Waals surface area contributed by atoms with Crippen LogP contribution in [0.25, 0.3) is 11.1 Å². The number of hydrogen-bond donors (Lipinski definition) is 4. The SMILES string of the molecule is COc1cccc(COC(=O)Nc2ccc(-c3cn[nH]c3)cc2NCCCCN)c1. The second-order valence-corrected chi connectivity index (χ2v) is 6.72. The lowest BCUT2D eigenvalue weighted by Crippen LogP contribution is -2.15. The lowest BCUT2D eigenvalue weighted by Gasteiger charge is -2.15. The summed E-state index contributed by atoms with van der Waals surface area (Å²) in [4.78, 5) is 12.4. The molecule has 158 valence electrons. The minimum atomic E-state index is -0.529. The van der Waals surface area contributed by atoms with E-state index in [1.54, 1.807) is 13.3 Å². The molecule has 0 fully saturated rings. The zero-order chi connectivity index (χ0) is 21.2. The Labute approximate surface area is 175 Å². The van der Waals surface area contributed by atoms with Crippen LogP contribution in [0, 0.1) is 0 Å². The Morgan fingerprint density at radius 1 is 1.13 bits per heavy atom. The van der Waals surface area contributed by atoms with Crippen molar-refractivity contribution < 1.29 is 14.3 Å². The molecule has 0 aliphatic carbocycles. The zero-order valence-electron chi connectivity index (χ0n) is 17.0. The molecule has 30 heavy (non-hydrogen) atoms. The Bertz CT molecular complexity index is 944. The van der Waals surface area contributed by atoms with E-state index < -0.39 is 6.09 Å². The smallest absolute Gasteiger partial charge is 0.412 e. The van der Waals surface area contributed by atoms with E-state index in [-0.39, 0.29) is 6.61 Å². The van der Waals surface area contributed by atoms with Crippen molar-refractivity contribution in [1.82, 2.24) is 10.2 Å². The average molecular weight is 409 g/mol. The highest BCUT2D eigenvalue weighted by Crippen LogP contribution is 2.29. The number of carbonyl (C=O) groups is 1. The summed E-state index contributed by atoms with van der Waals surface area (Å²) in [6.45, 7) is 1.55. The Kier molecular flexibility index (Phi) is 7.68. The van der Waals surface area contributed by atoms with E-state index in [1.807, 2.05) is 48.7 Å². The number of aromatic nitrogens is 2. The fourth-order valence-corrected chi connectivity index (χ4v) is 2.94. The quantitative estimate of drug-likeness (QED) is 0.377. The van der Waals surface area contributed by atoms with Gasteiger partial charge >= 0.3 is 6.09 Å². The second kappa shape index (κ2) is 10.9. The molecule has 0 bridgehead atoms. The standard InChI is InChI=1S/C22H27N5O3/c1-29-19-6-4-5-16(11-19)15-30-22(28)27-20-8-7-17(18-13-25-26-14-18)12-21(20)24-10-3-2-9-23/h4-8,11-14,24H,2-3,9-10,15,23H2,1H3,(H,25,26)(H,27,28). The molecule has 2 aromatic carbocycles. The molecule has 0 spiro atoms. The number of carbonyl (C=O) groups excluding carboxylic acids is 1. The van der Waals surface area contributed by atoms with E-state index in [0.29, 0.717) is 12.2 Å². The van der Waals surface area contributed by atoms with Gasteiger partial charge in [-0.3, -0.25) is 10.4 Å². The van der Waals surface area contributed by atoms with Crippen LogP contribution in [0.1, 0.15) is 18.4 Å². The van der Waals surface area contributed by atoms with Gasteiger partial charge in [0.2, 0.25) is 0 Å². The van der Waals surface area contributed by atoms with Crippen LogP contribution in [-0.2, 0) is 11.3 Å². The first kappa shape index (κ1) is 21.2. The number of unbranched alkanes of at least 4 members (excludes halogenated alkanes) is 1. The fraction of sp³-hybridized carbons (Fsp3) is 0.273. The number of nitrogens with one attached hydrogen (secondary N) is 3. The maximum Gasteiger partial charge on any atom is 0.412 e. The Morgan fingerprint density at radius 3 is 2.80 bits per heavy atom. The van der Waals surface area contributed by atoms with Crippen LogP contribution in [0.3, 0.4) is 0 Å². The van der Waals surface area contributed by atoms with Crippen LogP contribution in [0.4, 0.5) is 16.2 Å². The highest BCUT2D eigenvalue weighted by atomic mass is 16.5. The summed E-state index contributed by atoms with van der Waals surface area (Å²) >= 11 is 0. The first-order valence-electron chi connectivity index (χ1n) is 9.83. The minimum absolute atomic E-state index is 0.148. The van der Waals surface area contributed by atoms with Gasteiger partial charge in [0.05, 0.1) is 24.7 Å². The number of nitrogens with two attached hydrogens (primary N) is 1. The van der Waals surface area contributed by atoms with E-state index in [1.165, 1.54) is 0 Å². The van der Waals surface area contributed by atoms with Crippen molar-refractivity contribution in [2.24, 2.45) is 5.73 Å². The number of benzene rings is 2. The number of ether oxygens (including phenoxy) is 2. The average Bonchev–Trinajstić information content (AvgIpc) is 3.31.